The first-order valence-corrected chi connectivity index (χ1v) is 6.83. The normalized spacial score (nSPS) is 16.8. The van der Waals surface area contributed by atoms with E-state index in [-0.39, 0.29) is 11.2 Å². The van der Waals surface area contributed by atoms with Gasteiger partial charge in [0.2, 0.25) is 0 Å². The first-order valence-electron chi connectivity index (χ1n) is 5.55. The Morgan fingerprint density at radius 3 is 2.40 bits per heavy atom. The third-order valence-corrected chi connectivity index (χ3v) is 4.65. The molecule has 0 aromatic carbocycles. The summed E-state index contributed by atoms with van der Waals surface area (Å²) < 4.78 is 16.7. The van der Waals surface area contributed by atoms with E-state index in [0.717, 1.165) is 19.3 Å². The maximum atomic E-state index is 12.0. The molecule has 0 aliphatic rings. The largest absolute Gasteiger partial charge is 0.468 e. The molecule has 0 aromatic rings. The quantitative estimate of drug-likeness (QED) is 0.635. The van der Waals surface area contributed by atoms with Gasteiger partial charge in [-0.3, -0.25) is 9.00 Å². The smallest absolute Gasteiger partial charge is 0.321 e. The zero-order valence-electron chi connectivity index (χ0n) is 10.1. The lowest BCUT2D eigenvalue weighted by Gasteiger charge is -2.17. The minimum absolute atomic E-state index is 0.0611. The van der Waals surface area contributed by atoms with E-state index in [2.05, 4.69) is 6.92 Å². The van der Waals surface area contributed by atoms with Crippen LogP contribution in [0, 0.1) is 0 Å². The fourth-order valence-electron chi connectivity index (χ4n) is 1.29. The number of methoxy groups -OCH3 is 1. The van der Waals surface area contributed by atoms with Crippen LogP contribution in [0.1, 0.15) is 46.5 Å². The highest BCUT2D eigenvalue weighted by molar-refractivity contribution is 7.87. The molecule has 0 aliphatic heterocycles. The van der Waals surface area contributed by atoms with Crippen molar-refractivity contribution in [3.05, 3.63) is 0 Å². The molecule has 0 amide bonds. The average molecular weight is 234 g/mol. The van der Waals surface area contributed by atoms with E-state index in [0.29, 0.717) is 6.42 Å². The molecule has 0 rings (SSSR count). The second-order valence-corrected chi connectivity index (χ2v) is 5.73. The maximum Gasteiger partial charge on any atom is 0.321 e. The molecular formula is C11H22O3S. The van der Waals surface area contributed by atoms with Gasteiger partial charge in [0, 0.05) is 16.0 Å². The van der Waals surface area contributed by atoms with E-state index in [1.54, 1.807) is 0 Å². The molecule has 0 saturated carbocycles. The van der Waals surface area contributed by atoms with Crippen molar-refractivity contribution in [2.45, 2.75) is 57.0 Å². The molecular weight excluding hydrogens is 212 g/mol. The minimum atomic E-state index is -1.11. The van der Waals surface area contributed by atoms with E-state index in [1.165, 1.54) is 7.11 Å². The van der Waals surface area contributed by atoms with Crippen LogP contribution in [-0.2, 0) is 20.3 Å². The van der Waals surface area contributed by atoms with Gasteiger partial charge in [-0.05, 0) is 12.8 Å². The summed E-state index contributed by atoms with van der Waals surface area (Å²) in [5, 5.41) is -0.379. The third kappa shape index (κ3) is 4.78. The number of hydrogen-bond acceptors (Lipinski definition) is 3. The number of rotatable bonds is 7. The van der Waals surface area contributed by atoms with Crippen molar-refractivity contribution in [1.29, 1.82) is 0 Å². The van der Waals surface area contributed by atoms with Gasteiger partial charge >= 0.3 is 5.97 Å². The Hall–Kier alpha value is -0.380. The minimum Gasteiger partial charge on any atom is -0.468 e. The number of unbranched alkanes of at least 4 members (excludes halogenated alkanes) is 1. The summed E-state index contributed by atoms with van der Waals surface area (Å²) in [6, 6.07) is 0. The predicted octanol–water partition coefficient (Wildman–Crippen LogP) is 2.27. The lowest BCUT2D eigenvalue weighted by molar-refractivity contribution is -0.140. The van der Waals surface area contributed by atoms with Gasteiger partial charge in [-0.15, -0.1) is 0 Å². The van der Waals surface area contributed by atoms with Crippen molar-refractivity contribution >= 4 is 16.8 Å². The molecule has 0 heterocycles. The van der Waals surface area contributed by atoms with Gasteiger partial charge in [0.25, 0.3) is 0 Å². The highest BCUT2D eigenvalue weighted by atomic mass is 32.2. The Balaban J connectivity index is 4.47. The Kier molecular flexibility index (Phi) is 7.65. The SMILES string of the molecule is CCCCC(C(=O)OC)S(=O)C(C)CC. The van der Waals surface area contributed by atoms with E-state index >= 15 is 0 Å². The van der Waals surface area contributed by atoms with Gasteiger partial charge in [-0.1, -0.05) is 33.6 Å². The molecule has 3 unspecified atom stereocenters. The van der Waals surface area contributed by atoms with Gasteiger partial charge in [0.1, 0.15) is 5.25 Å². The number of ether oxygens (including phenoxy) is 1. The van der Waals surface area contributed by atoms with Crippen molar-refractivity contribution in [1.82, 2.24) is 0 Å². The number of carbonyl (C=O) groups is 1. The molecule has 0 spiro atoms. The monoisotopic (exact) mass is 234 g/mol. The Morgan fingerprint density at radius 2 is 2.00 bits per heavy atom. The highest BCUT2D eigenvalue weighted by Crippen LogP contribution is 2.15. The summed E-state index contributed by atoms with van der Waals surface area (Å²) in [5.41, 5.74) is 0. The molecule has 0 bridgehead atoms. The third-order valence-electron chi connectivity index (χ3n) is 2.54. The van der Waals surface area contributed by atoms with Crippen molar-refractivity contribution < 1.29 is 13.7 Å². The zero-order valence-corrected chi connectivity index (χ0v) is 10.9. The van der Waals surface area contributed by atoms with E-state index in [9.17, 15) is 9.00 Å². The summed E-state index contributed by atoms with van der Waals surface area (Å²) in [6.45, 7) is 5.95. The first-order chi connectivity index (χ1) is 7.08. The van der Waals surface area contributed by atoms with Gasteiger partial charge in [-0.2, -0.15) is 0 Å². The fourth-order valence-corrected chi connectivity index (χ4v) is 2.87. The lowest BCUT2D eigenvalue weighted by atomic mass is 10.2. The Bertz CT molecular complexity index is 216. The van der Waals surface area contributed by atoms with Crippen LogP contribution in [0.3, 0.4) is 0 Å². The van der Waals surface area contributed by atoms with Gasteiger partial charge in [-0.25, -0.2) is 0 Å². The van der Waals surface area contributed by atoms with Crippen LogP contribution in [0.15, 0.2) is 0 Å². The van der Waals surface area contributed by atoms with Crippen LogP contribution in [-0.4, -0.2) is 27.8 Å². The molecule has 0 fully saturated rings. The second kappa shape index (κ2) is 7.85. The van der Waals surface area contributed by atoms with Crippen LogP contribution < -0.4 is 0 Å². The second-order valence-electron chi connectivity index (χ2n) is 3.70. The van der Waals surface area contributed by atoms with Crippen molar-refractivity contribution in [2.75, 3.05) is 7.11 Å². The molecule has 0 aromatic heterocycles. The van der Waals surface area contributed by atoms with E-state index < -0.39 is 16.0 Å². The standard InChI is InChI=1S/C11H22O3S/c1-5-7-8-10(11(12)14-4)15(13)9(3)6-2/h9-10H,5-8H2,1-4H3. The maximum absolute atomic E-state index is 12.0. The van der Waals surface area contributed by atoms with E-state index in [1.807, 2.05) is 13.8 Å². The summed E-state index contributed by atoms with van der Waals surface area (Å²) in [6.07, 6.45) is 3.42. The number of esters is 1. The van der Waals surface area contributed by atoms with Crippen LogP contribution in [0.5, 0.6) is 0 Å². The molecule has 0 radical (unpaired) electrons. The van der Waals surface area contributed by atoms with Crippen LogP contribution >= 0.6 is 0 Å². The average Bonchev–Trinajstić information content (AvgIpc) is 2.27. The molecule has 3 atom stereocenters. The Labute approximate surface area is 95.0 Å². The number of carbonyl (C=O) groups excluding carboxylic acids is 1. The summed E-state index contributed by atoms with van der Waals surface area (Å²) in [4.78, 5) is 11.5. The predicted molar refractivity (Wildman–Crippen MR) is 63.2 cm³/mol. The van der Waals surface area contributed by atoms with Crippen LogP contribution in [0.2, 0.25) is 0 Å². The molecule has 0 aliphatic carbocycles. The molecule has 0 N–H and O–H groups in total. The summed E-state index contributed by atoms with van der Waals surface area (Å²) in [7, 11) is 0.248. The molecule has 0 saturated heterocycles. The molecule has 15 heavy (non-hydrogen) atoms. The van der Waals surface area contributed by atoms with Crippen LogP contribution in [0.4, 0.5) is 0 Å². The van der Waals surface area contributed by atoms with E-state index in [4.69, 9.17) is 4.74 Å². The summed E-state index contributed by atoms with van der Waals surface area (Å²) in [5.74, 6) is -0.331. The Morgan fingerprint density at radius 1 is 1.40 bits per heavy atom. The highest BCUT2D eigenvalue weighted by Gasteiger charge is 2.28. The molecule has 4 heteroatoms. The van der Waals surface area contributed by atoms with Gasteiger partial charge in [0.15, 0.2) is 0 Å². The van der Waals surface area contributed by atoms with Gasteiger partial charge in [0.05, 0.1) is 7.11 Å². The van der Waals surface area contributed by atoms with Crippen LogP contribution in [0.25, 0.3) is 0 Å². The zero-order chi connectivity index (χ0) is 11.8. The lowest BCUT2D eigenvalue weighted by Crippen LogP contribution is -2.32. The fraction of sp³-hybridized carbons (Fsp3) is 0.909. The number of hydrogen-bond donors (Lipinski definition) is 0. The van der Waals surface area contributed by atoms with Gasteiger partial charge < -0.3 is 4.74 Å². The molecule has 3 nitrogen and oxygen atoms in total. The van der Waals surface area contributed by atoms with Crippen molar-refractivity contribution in [2.24, 2.45) is 0 Å². The molecule has 90 valence electrons. The first kappa shape index (κ1) is 14.6. The van der Waals surface area contributed by atoms with Crippen molar-refractivity contribution in [3.8, 4) is 0 Å². The summed E-state index contributed by atoms with van der Waals surface area (Å²) >= 11 is 0. The topological polar surface area (TPSA) is 43.4 Å². The van der Waals surface area contributed by atoms with Crippen molar-refractivity contribution in [3.63, 3.8) is 0 Å².